The molecule has 0 saturated carbocycles. The first-order valence-electron chi connectivity index (χ1n) is 7.14. The third kappa shape index (κ3) is 3.46. The molecule has 1 N–H and O–H groups in total. The molecule has 0 spiro atoms. The Labute approximate surface area is 102 Å². The summed E-state index contributed by atoms with van der Waals surface area (Å²) in [7, 11) is 0. The summed E-state index contributed by atoms with van der Waals surface area (Å²) in [5, 5.41) is 3.68. The molecule has 1 aliphatic heterocycles. The minimum Gasteiger partial charge on any atom is -0.313 e. The first-order valence-corrected chi connectivity index (χ1v) is 7.14. The first-order chi connectivity index (χ1) is 7.66. The molecule has 16 heavy (non-hydrogen) atoms. The fourth-order valence-corrected chi connectivity index (χ4v) is 2.68. The SMILES string of the molecule is CCCNC1CCCN(C(C)(CC)CC)C1. The molecule has 1 rings (SSSR count). The van der Waals surface area contributed by atoms with E-state index in [-0.39, 0.29) is 0 Å². The lowest BCUT2D eigenvalue weighted by atomic mass is 9.90. The van der Waals surface area contributed by atoms with E-state index in [2.05, 4.69) is 37.9 Å². The van der Waals surface area contributed by atoms with Crippen LogP contribution >= 0.6 is 0 Å². The van der Waals surface area contributed by atoms with Gasteiger partial charge in [0.15, 0.2) is 0 Å². The molecule has 0 aliphatic carbocycles. The van der Waals surface area contributed by atoms with Crippen LogP contribution in [0.4, 0.5) is 0 Å². The minimum atomic E-state index is 0.423. The Hall–Kier alpha value is -0.0800. The Morgan fingerprint density at radius 1 is 1.25 bits per heavy atom. The molecule has 0 aromatic carbocycles. The molecule has 2 nitrogen and oxygen atoms in total. The second-order valence-corrected chi connectivity index (χ2v) is 5.44. The van der Waals surface area contributed by atoms with Gasteiger partial charge in [0.1, 0.15) is 0 Å². The van der Waals surface area contributed by atoms with Crippen molar-refractivity contribution < 1.29 is 0 Å². The van der Waals surface area contributed by atoms with Crippen LogP contribution in [0.25, 0.3) is 0 Å². The van der Waals surface area contributed by atoms with Crippen LogP contribution in [0.3, 0.4) is 0 Å². The van der Waals surface area contributed by atoms with Crippen LogP contribution in [-0.4, -0.2) is 36.1 Å². The Bertz CT molecular complexity index is 187. The number of rotatable bonds is 6. The predicted molar refractivity (Wildman–Crippen MR) is 71.9 cm³/mol. The summed E-state index contributed by atoms with van der Waals surface area (Å²) in [6.45, 7) is 13.0. The monoisotopic (exact) mass is 226 g/mol. The summed E-state index contributed by atoms with van der Waals surface area (Å²) in [5.41, 5.74) is 0.423. The summed E-state index contributed by atoms with van der Waals surface area (Å²) in [5.74, 6) is 0. The molecule has 0 aromatic heterocycles. The van der Waals surface area contributed by atoms with Gasteiger partial charge < -0.3 is 5.32 Å². The fourth-order valence-electron chi connectivity index (χ4n) is 2.68. The summed E-state index contributed by atoms with van der Waals surface area (Å²) in [4.78, 5) is 2.71. The molecular weight excluding hydrogens is 196 g/mol. The van der Waals surface area contributed by atoms with Crippen LogP contribution in [0.1, 0.15) is 59.8 Å². The van der Waals surface area contributed by atoms with E-state index in [1.807, 2.05) is 0 Å². The van der Waals surface area contributed by atoms with Gasteiger partial charge in [-0.2, -0.15) is 0 Å². The van der Waals surface area contributed by atoms with E-state index in [1.54, 1.807) is 0 Å². The zero-order valence-electron chi connectivity index (χ0n) is 11.7. The maximum atomic E-state index is 3.68. The minimum absolute atomic E-state index is 0.423. The summed E-state index contributed by atoms with van der Waals surface area (Å²) < 4.78 is 0. The lowest BCUT2D eigenvalue weighted by Gasteiger charge is -2.45. The topological polar surface area (TPSA) is 15.3 Å². The molecule has 0 radical (unpaired) electrons. The number of hydrogen-bond acceptors (Lipinski definition) is 2. The highest BCUT2D eigenvalue weighted by Crippen LogP contribution is 2.26. The zero-order valence-corrected chi connectivity index (χ0v) is 11.7. The maximum Gasteiger partial charge on any atom is 0.0195 e. The highest BCUT2D eigenvalue weighted by molar-refractivity contribution is 4.89. The predicted octanol–water partition coefficient (Wildman–Crippen LogP) is 3.03. The van der Waals surface area contributed by atoms with E-state index in [4.69, 9.17) is 0 Å². The number of nitrogens with zero attached hydrogens (tertiary/aromatic N) is 1. The van der Waals surface area contributed by atoms with Crippen molar-refractivity contribution in [3.05, 3.63) is 0 Å². The quantitative estimate of drug-likeness (QED) is 0.749. The van der Waals surface area contributed by atoms with E-state index in [1.165, 1.54) is 51.7 Å². The highest BCUT2D eigenvalue weighted by atomic mass is 15.2. The van der Waals surface area contributed by atoms with Crippen molar-refractivity contribution in [1.82, 2.24) is 10.2 Å². The van der Waals surface area contributed by atoms with Gasteiger partial charge in [-0.25, -0.2) is 0 Å². The van der Waals surface area contributed by atoms with Gasteiger partial charge in [0.25, 0.3) is 0 Å². The second kappa shape index (κ2) is 6.61. The molecule has 1 atom stereocenters. The number of hydrogen-bond donors (Lipinski definition) is 1. The third-order valence-corrected chi connectivity index (χ3v) is 4.39. The molecular formula is C14H30N2. The van der Waals surface area contributed by atoms with Crippen molar-refractivity contribution in [1.29, 1.82) is 0 Å². The smallest absolute Gasteiger partial charge is 0.0195 e. The van der Waals surface area contributed by atoms with Crippen LogP contribution in [0, 0.1) is 0 Å². The first kappa shape index (κ1) is 14.0. The van der Waals surface area contributed by atoms with Gasteiger partial charge in [0.2, 0.25) is 0 Å². The van der Waals surface area contributed by atoms with Crippen molar-refractivity contribution in [2.75, 3.05) is 19.6 Å². The van der Waals surface area contributed by atoms with Crippen molar-refractivity contribution in [3.8, 4) is 0 Å². The molecule has 1 saturated heterocycles. The molecule has 96 valence electrons. The number of piperidine rings is 1. The molecule has 0 amide bonds. The molecule has 1 aliphatic rings. The van der Waals surface area contributed by atoms with E-state index >= 15 is 0 Å². The van der Waals surface area contributed by atoms with Crippen LogP contribution in [0.2, 0.25) is 0 Å². The second-order valence-electron chi connectivity index (χ2n) is 5.44. The van der Waals surface area contributed by atoms with Gasteiger partial charge in [-0.15, -0.1) is 0 Å². The molecule has 1 heterocycles. The summed E-state index contributed by atoms with van der Waals surface area (Å²) in [6.07, 6.45) is 6.50. The number of likely N-dealkylation sites (tertiary alicyclic amines) is 1. The van der Waals surface area contributed by atoms with E-state index < -0.39 is 0 Å². The van der Waals surface area contributed by atoms with Crippen LogP contribution in [-0.2, 0) is 0 Å². The highest BCUT2D eigenvalue weighted by Gasteiger charge is 2.31. The van der Waals surface area contributed by atoms with Gasteiger partial charge in [-0.3, -0.25) is 4.90 Å². The average Bonchev–Trinajstić information content (AvgIpc) is 2.35. The molecule has 0 aromatic rings. The van der Waals surface area contributed by atoms with Crippen molar-refractivity contribution in [2.45, 2.75) is 71.4 Å². The van der Waals surface area contributed by atoms with Crippen LogP contribution in [0.15, 0.2) is 0 Å². The van der Waals surface area contributed by atoms with E-state index in [9.17, 15) is 0 Å². The maximum absolute atomic E-state index is 3.68. The van der Waals surface area contributed by atoms with Gasteiger partial charge in [-0.05, 0) is 52.1 Å². The Morgan fingerprint density at radius 2 is 1.94 bits per heavy atom. The van der Waals surface area contributed by atoms with Crippen molar-refractivity contribution in [3.63, 3.8) is 0 Å². The number of nitrogens with one attached hydrogen (secondary N) is 1. The fraction of sp³-hybridized carbons (Fsp3) is 1.00. The average molecular weight is 226 g/mol. The van der Waals surface area contributed by atoms with Crippen LogP contribution < -0.4 is 5.32 Å². The largest absolute Gasteiger partial charge is 0.313 e. The van der Waals surface area contributed by atoms with Gasteiger partial charge in [-0.1, -0.05) is 20.8 Å². The van der Waals surface area contributed by atoms with Gasteiger partial charge in [0, 0.05) is 18.1 Å². The van der Waals surface area contributed by atoms with E-state index in [0.717, 1.165) is 6.04 Å². The van der Waals surface area contributed by atoms with Crippen molar-refractivity contribution >= 4 is 0 Å². The standard InChI is InChI=1S/C14H30N2/c1-5-10-15-13-9-8-11-16(12-13)14(4,6-2)7-3/h13,15H,5-12H2,1-4H3. The molecule has 1 fully saturated rings. The lowest BCUT2D eigenvalue weighted by Crippen LogP contribution is -2.54. The van der Waals surface area contributed by atoms with Crippen molar-refractivity contribution in [2.24, 2.45) is 0 Å². The Kier molecular flexibility index (Phi) is 5.77. The van der Waals surface area contributed by atoms with Crippen LogP contribution in [0.5, 0.6) is 0 Å². The Balaban J connectivity index is 2.48. The Morgan fingerprint density at radius 3 is 2.50 bits per heavy atom. The normalized spacial score (nSPS) is 23.6. The van der Waals surface area contributed by atoms with Gasteiger partial charge >= 0.3 is 0 Å². The summed E-state index contributed by atoms with van der Waals surface area (Å²) in [6, 6.07) is 0.728. The third-order valence-electron chi connectivity index (χ3n) is 4.39. The molecule has 0 bridgehead atoms. The van der Waals surface area contributed by atoms with E-state index in [0.29, 0.717) is 5.54 Å². The summed E-state index contributed by atoms with van der Waals surface area (Å²) >= 11 is 0. The van der Waals surface area contributed by atoms with Gasteiger partial charge in [0.05, 0.1) is 0 Å². The lowest BCUT2D eigenvalue weighted by molar-refractivity contribution is 0.0582. The molecule has 1 unspecified atom stereocenters. The molecule has 2 heteroatoms. The zero-order chi connectivity index (χ0) is 12.0.